The second-order valence-corrected chi connectivity index (χ2v) is 6.22. The SMILES string of the molecule is NC(=O)c1nnn2c(C(=O)O)cc(C(=O)NCc3ccc4c(c3)NC(=O)CO4)nc12. The molecule has 3 heterocycles. The number of benzene rings is 1. The summed E-state index contributed by atoms with van der Waals surface area (Å²) in [5, 5.41) is 21.7. The van der Waals surface area contributed by atoms with E-state index in [1.54, 1.807) is 18.2 Å². The highest BCUT2D eigenvalue weighted by Gasteiger charge is 2.22. The van der Waals surface area contributed by atoms with Gasteiger partial charge in [0.2, 0.25) is 0 Å². The molecular weight excluding hydrogens is 398 g/mol. The van der Waals surface area contributed by atoms with Gasteiger partial charge < -0.3 is 26.2 Å². The van der Waals surface area contributed by atoms with Crippen LogP contribution < -0.4 is 21.1 Å². The highest BCUT2D eigenvalue weighted by molar-refractivity contribution is 6.00. The third-order valence-electron chi connectivity index (χ3n) is 4.19. The zero-order valence-corrected chi connectivity index (χ0v) is 15.1. The van der Waals surface area contributed by atoms with Crippen molar-refractivity contribution < 1.29 is 29.0 Å². The van der Waals surface area contributed by atoms with Crippen LogP contribution in [0.2, 0.25) is 0 Å². The first kappa shape index (κ1) is 18.8. The number of carbonyl (C=O) groups is 4. The Labute approximate surface area is 166 Å². The molecule has 0 saturated carbocycles. The molecule has 13 nitrogen and oxygen atoms in total. The van der Waals surface area contributed by atoms with Gasteiger partial charge in [0.25, 0.3) is 17.7 Å². The first-order chi connectivity index (χ1) is 14.3. The molecule has 30 heavy (non-hydrogen) atoms. The lowest BCUT2D eigenvalue weighted by molar-refractivity contribution is -0.118. The maximum Gasteiger partial charge on any atom is 0.354 e. The van der Waals surface area contributed by atoms with Crippen molar-refractivity contribution in [1.29, 1.82) is 0 Å². The number of ether oxygens (including phenoxy) is 1. The summed E-state index contributed by atoms with van der Waals surface area (Å²) in [6, 6.07) is 5.99. The van der Waals surface area contributed by atoms with Gasteiger partial charge in [-0.15, -0.1) is 5.10 Å². The summed E-state index contributed by atoms with van der Waals surface area (Å²) < 4.78 is 6.08. The van der Waals surface area contributed by atoms with E-state index in [2.05, 4.69) is 25.9 Å². The van der Waals surface area contributed by atoms with Gasteiger partial charge in [-0.2, -0.15) is 4.52 Å². The van der Waals surface area contributed by atoms with E-state index < -0.39 is 23.5 Å². The zero-order valence-electron chi connectivity index (χ0n) is 15.1. The standard InChI is InChI=1S/C17H13N7O6/c18-14(26)13-15-21-9(4-10(17(28)29)24(15)23-22-13)16(27)19-5-7-1-2-11-8(3-7)20-12(25)6-30-11/h1-4H,5-6H2,(H2,18,26)(H,19,27)(H,20,25)(H,28,29). The summed E-state index contributed by atoms with van der Waals surface area (Å²) in [5.41, 5.74) is 5.02. The molecule has 0 aliphatic carbocycles. The molecule has 4 rings (SSSR count). The highest BCUT2D eigenvalue weighted by atomic mass is 16.5. The Balaban J connectivity index is 1.60. The molecule has 0 unspecified atom stereocenters. The molecule has 0 spiro atoms. The van der Waals surface area contributed by atoms with E-state index in [1.165, 1.54) is 0 Å². The van der Waals surface area contributed by atoms with E-state index in [9.17, 15) is 24.3 Å². The minimum atomic E-state index is -1.40. The van der Waals surface area contributed by atoms with Crippen LogP contribution in [0, 0.1) is 0 Å². The van der Waals surface area contributed by atoms with E-state index in [4.69, 9.17) is 10.5 Å². The van der Waals surface area contributed by atoms with Crippen LogP contribution in [-0.2, 0) is 11.3 Å². The van der Waals surface area contributed by atoms with Crippen LogP contribution in [0.5, 0.6) is 5.75 Å². The Bertz CT molecular complexity index is 1230. The average molecular weight is 411 g/mol. The van der Waals surface area contributed by atoms with Crippen LogP contribution in [0.15, 0.2) is 24.3 Å². The predicted molar refractivity (Wildman–Crippen MR) is 98.0 cm³/mol. The van der Waals surface area contributed by atoms with E-state index in [0.717, 1.165) is 10.6 Å². The molecule has 3 amide bonds. The fourth-order valence-electron chi connectivity index (χ4n) is 2.82. The molecule has 152 valence electrons. The quantitative estimate of drug-likeness (QED) is 0.415. The number of carboxylic acid groups (broad SMARTS) is 1. The third-order valence-corrected chi connectivity index (χ3v) is 4.19. The number of nitrogens with one attached hydrogen (secondary N) is 2. The number of hydrogen-bond acceptors (Lipinski definition) is 8. The molecule has 0 bridgehead atoms. The first-order valence-corrected chi connectivity index (χ1v) is 8.47. The number of aromatic carboxylic acids is 1. The maximum atomic E-state index is 12.6. The summed E-state index contributed by atoms with van der Waals surface area (Å²) in [5.74, 6) is -2.85. The molecule has 3 aromatic rings. The van der Waals surface area contributed by atoms with E-state index in [0.29, 0.717) is 17.0 Å². The van der Waals surface area contributed by atoms with Crippen LogP contribution in [0.4, 0.5) is 5.69 Å². The van der Waals surface area contributed by atoms with Gasteiger partial charge in [0.05, 0.1) is 5.69 Å². The lowest BCUT2D eigenvalue weighted by Gasteiger charge is -2.18. The molecule has 0 saturated heterocycles. The lowest BCUT2D eigenvalue weighted by Crippen LogP contribution is -2.27. The van der Waals surface area contributed by atoms with Crippen LogP contribution in [0.3, 0.4) is 0 Å². The van der Waals surface area contributed by atoms with Gasteiger partial charge in [-0.3, -0.25) is 14.4 Å². The second-order valence-electron chi connectivity index (χ2n) is 6.22. The number of nitrogens with two attached hydrogens (primary N) is 1. The fraction of sp³-hybridized carbons (Fsp3) is 0.118. The van der Waals surface area contributed by atoms with Crippen molar-refractivity contribution in [1.82, 2.24) is 25.1 Å². The Kier molecular flexibility index (Phi) is 4.46. The zero-order chi connectivity index (χ0) is 21.4. The first-order valence-electron chi connectivity index (χ1n) is 8.47. The number of primary amides is 1. The van der Waals surface area contributed by atoms with Crippen LogP contribution in [-0.4, -0.2) is 55.2 Å². The molecule has 5 N–H and O–H groups in total. The number of anilines is 1. The number of aromatic nitrogens is 4. The predicted octanol–water partition coefficient (Wildman–Crippen LogP) is -0.818. The van der Waals surface area contributed by atoms with Gasteiger partial charge in [-0.1, -0.05) is 11.3 Å². The average Bonchev–Trinajstić information content (AvgIpc) is 3.15. The Morgan fingerprint density at radius 1 is 1.30 bits per heavy atom. The molecule has 1 aromatic carbocycles. The van der Waals surface area contributed by atoms with E-state index in [1.807, 2.05) is 0 Å². The molecule has 0 fully saturated rings. The lowest BCUT2D eigenvalue weighted by atomic mass is 10.1. The monoisotopic (exact) mass is 411 g/mol. The van der Waals surface area contributed by atoms with E-state index in [-0.39, 0.29) is 36.1 Å². The van der Waals surface area contributed by atoms with Crippen molar-refractivity contribution in [2.45, 2.75) is 6.54 Å². The minimum Gasteiger partial charge on any atom is -0.482 e. The fourth-order valence-corrected chi connectivity index (χ4v) is 2.82. The Hall–Kier alpha value is -4.55. The van der Waals surface area contributed by atoms with Gasteiger partial charge in [-0.25, -0.2) is 9.78 Å². The number of carboxylic acids is 1. The topological polar surface area (TPSA) is 191 Å². The van der Waals surface area contributed by atoms with Gasteiger partial charge >= 0.3 is 5.97 Å². The van der Waals surface area contributed by atoms with Crippen molar-refractivity contribution in [3.05, 3.63) is 46.9 Å². The summed E-state index contributed by atoms with van der Waals surface area (Å²) in [6.45, 7) is -0.0165. The minimum absolute atomic E-state index is 0.0530. The number of carbonyl (C=O) groups excluding carboxylic acids is 3. The van der Waals surface area contributed by atoms with Crippen molar-refractivity contribution in [2.75, 3.05) is 11.9 Å². The van der Waals surface area contributed by atoms with Crippen molar-refractivity contribution in [3.63, 3.8) is 0 Å². The number of rotatable bonds is 5. The summed E-state index contributed by atoms with van der Waals surface area (Å²) in [7, 11) is 0. The van der Waals surface area contributed by atoms with Crippen LogP contribution in [0.1, 0.15) is 37.0 Å². The van der Waals surface area contributed by atoms with Crippen molar-refractivity contribution in [3.8, 4) is 5.75 Å². The number of hydrogen-bond donors (Lipinski definition) is 4. The molecule has 13 heteroatoms. The van der Waals surface area contributed by atoms with Crippen LogP contribution >= 0.6 is 0 Å². The molecular formula is C17H13N7O6. The molecule has 0 atom stereocenters. The summed E-state index contributed by atoms with van der Waals surface area (Å²) >= 11 is 0. The Morgan fingerprint density at radius 3 is 2.83 bits per heavy atom. The van der Waals surface area contributed by atoms with Gasteiger partial charge in [0.1, 0.15) is 11.4 Å². The normalized spacial score (nSPS) is 12.6. The number of amides is 3. The van der Waals surface area contributed by atoms with Crippen molar-refractivity contribution >= 4 is 35.0 Å². The smallest absolute Gasteiger partial charge is 0.354 e. The molecule has 1 aliphatic rings. The largest absolute Gasteiger partial charge is 0.482 e. The molecule has 2 aromatic heterocycles. The Morgan fingerprint density at radius 2 is 2.10 bits per heavy atom. The van der Waals surface area contributed by atoms with E-state index >= 15 is 0 Å². The number of nitrogens with zero attached hydrogens (tertiary/aromatic N) is 4. The molecule has 1 aliphatic heterocycles. The molecule has 0 radical (unpaired) electrons. The van der Waals surface area contributed by atoms with Gasteiger partial charge in [0.15, 0.2) is 23.6 Å². The number of fused-ring (bicyclic) bond motifs is 2. The second kappa shape index (κ2) is 7.12. The third kappa shape index (κ3) is 3.34. The summed E-state index contributed by atoms with van der Waals surface area (Å²) in [4.78, 5) is 50.9. The summed E-state index contributed by atoms with van der Waals surface area (Å²) in [6.07, 6.45) is 0. The highest BCUT2D eigenvalue weighted by Crippen LogP contribution is 2.28. The maximum absolute atomic E-state index is 12.6. The van der Waals surface area contributed by atoms with Gasteiger partial charge in [0, 0.05) is 12.6 Å². The van der Waals surface area contributed by atoms with Crippen LogP contribution in [0.25, 0.3) is 5.65 Å². The van der Waals surface area contributed by atoms with Gasteiger partial charge in [-0.05, 0) is 17.7 Å². The van der Waals surface area contributed by atoms with Crippen molar-refractivity contribution in [2.24, 2.45) is 5.73 Å².